The van der Waals surface area contributed by atoms with Crippen LogP contribution in [-0.4, -0.2) is 98.3 Å². The van der Waals surface area contributed by atoms with Gasteiger partial charge in [-0.15, -0.1) is 11.8 Å². The number of benzene rings is 4. The Morgan fingerprint density at radius 2 is 1.68 bits per heavy atom. The number of hydrogen-bond donors (Lipinski definition) is 2. The zero-order chi connectivity index (χ0) is 44.0. The number of aromatic nitrogens is 2. The van der Waals surface area contributed by atoms with Crippen molar-refractivity contribution in [1.82, 2.24) is 19.8 Å². The molecule has 2 aliphatic rings. The molecule has 1 aliphatic carbocycles. The largest absolute Gasteiger partial charge is 0.418 e. The van der Waals surface area contributed by atoms with Crippen LogP contribution in [0.25, 0.3) is 16.5 Å². The van der Waals surface area contributed by atoms with Gasteiger partial charge in [0, 0.05) is 71.6 Å². The van der Waals surface area contributed by atoms with Crippen molar-refractivity contribution in [2.45, 2.75) is 54.1 Å². The van der Waals surface area contributed by atoms with Crippen LogP contribution >= 0.6 is 23.4 Å². The predicted molar refractivity (Wildman–Crippen MR) is 242 cm³/mol. The number of alkyl halides is 3. The van der Waals surface area contributed by atoms with Gasteiger partial charge >= 0.3 is 6.18 Å². The summed E-state index contributed by atoms with van der Waals surface area (Å²) >= 11 is 7.55. The number of nitro benzene ring substituents is 1. The first-order valence-corrected chi connectivity index (χ1v) is 23.2. The van der Waals surface area contributed by atoms with Crippen molar-refractivity contribution in [2.24, 2.45) is 0 Å². The van der Waals surface area contributed by atoms with Crippen LogP contribution in [0.3, 0.4) is 0 Å². The Morgan fingerprint density at radius 3 is 2.37 bits per heavy atom. The van der Waals surface area contributed by atoms with Crippen LogP contribution in [0.2, 0.25) is 5.02 Å². The van der Waals surface area contributed by atoms with Gasteiger partial charge in [0.2, 0.25) is 0 Å². The first-order chi connectivity index (χ1) is 29.6. The number of nitro groups is 1. The van der Waals surface area contributed by atoms with E-state index in [1.54, 1.807) is 6.07 Å². The van der Waals surface area contributed by atoms with E-state index in [1.807, 2.05) is 73.6 Å². The molecule has 1 aliphatic heterocycles. The third kappa shape index (κ3) is 11.2. The second-order valence-corrected chi connectivity index (χ2v) is 19.0. The molecule has 2 N–H and O–H groups in total. The lowest BCUT2D eigenvalue weighted by atomic mass is 9.87. The lowest BCUT2D eigenvalue weighted by Gasteiger charge is -2.37. The highest BCUT2D eigenvalue weighted by atomic mass is 35.5. The average molecular weight is 910 g/mol. The van der Waals surface area contributed by atoms with E-state index < -0.39 is 49.0 Å². The first kappa shape index (κ1) is 45.1. The number of sulfonamides is 1. The number of nitrogens with zero attached hydrogens (tertiary/aromatic N) is 6. The number of nitrogens with one attached hydrogen (secondary N) is 2. The lowest BCUT2D eigenvalue weighted by Crippen LogP contribution is -2.47. The number of allylic oxidation sites excluding steroid dienone is 1. The Morgan fingerprint density at radius 1 is 0.952 bits per heavy atom. The Bertz CT molecular complexity index is 2520. The topological polar surface area (TPSA) is 137 Å². The molecule has 0 amide bonds. The maximum Gasteiger partial charge on any atom is 0.418 e. The van der Waals surface area contributed by atoms with Crippen LogP contribution in [0.15, 0.2) is 107 Å². The van der Waals surface area contributed by atoms with Crippen molar-refractivity contribution in [3.63, 3.8) is 0 Å². The van der Waals surface area contributed by atoms with Crippen molar-refractivity contribution >= 4 is 72.7 Å². The van der Waals surface area contributed by atoms with Crippen LogP contribution < -0.4 is 14.9 Å². The molecule has 62 heavy (non-hydrogen) atoms. The molecule has 5 aromatic rings. The zero-order valence-corrected chi connectivity index (χ0v) is 36.8. The standard InChI is InChI=1S/C44H48ClF3N8O4S2/c1-53(2)19-18-33(28-61-35-9-4-3-5-10-35)51-42-39(44(46,47)48)25-36(26-41(42)56(57)58)62(59,60)52-43-38-17-16-34(24-40(38)49-29-50-43)55-22-20-54(21-23-55)27-31-8-6-7-11-37(31)30-12-14-32(45)15-13-30/h3-5,9-10,12-17,24-26,29,33,51H,6-8,11,18-23,27-28H2,1-2H3,(H,49,50,52)/t33-/m1/s1. The molecule has 0 saturated carbocycles. The van der Waals surface area contributed by atoms with Gasteiger partial charge in [-0.2, -0.15) is 13.2 Å². The number of hydrogen-bond acceptors (Lipinski definition) is 11. The van der Waals surface area contributed by atoms with Crippen molar-refractivity contribution in [2.75, 3.05) is 74.1 Å². The summed E-state index contributed by atoms with van der Waals surface area (Å²) in [7, 11) is -1.21. The van der Waals surface area contributed by atoms with Gasteiger partial charge in [0.15, 0.2) is 5.82 Å². The molecular weight excluding hydrogens is 861 g/mol. The van der Waals surface area contributed by atoms with E-state index in [0.29, 0.717) is 36.0 Å². The number of rotatable bonds is 16. The molecule has 0 radical (unpaired) electrons. The van der Waals surface area contributed by atoms with Gasteiger partial charge < -0.3 is 15.1 Å². The highest BCUT2D eigenvalue weighted by molar-refractivity contribution is 7.99. The minimum atomic E-state index is -5.14. The van der Waals surface area contributed by atoms with Gasteiger partial charge in [-0.3, -0.25) is 19.7 Å². The fraction of sp³-hybridized carbons (Fsp3) is 0.364. The van der Waals surface area contributed by atoms with Gasteiger partial charge in [-0.25, -0.2) is 18.4 Å². The quantitative estimate of drug-likeness (QED) is 0.0557. The summed E-state index contributed by atoms with van der Waals surface area (Å²) in [5.74, 6) is 0.112. The molecular formula is C44H48ClF3N8O4S2. The minimum Gasteiger partial charge on any atom is -0.375 e. The molecule has 7 rings (SSSR count). The fourth-order valence-electron chi connectivity index (χ4n) is 7.89. The third-order valence-electron chi connectivity index (χ3n) is 11.1. The maximum absolute atomic E-state index is 14.8. The van der Waals surface area contributed by atoms with Crippen molar-refractivity contribution in [1.29, 1.82) is 0 Å². The number of fused-ring (bicyclic) bond motifs is 1. The second kappa shape index (κ2) is 19.6. The summed E-state index contributed by atoms with van der Waals surface area (Å²) < 4.78 is 74.4. The molecule has 2 heterocycles. The van der Waals surface area contributed by atoms with E-state index >= 15 is 0 Å². The predicted octanol–water partition coefficient (Wildman–Crippen LogP) is 9.69. The Balaban J connectivity index is 1.09. The molecule has 1 fully saturated rings. The Kier molecular flexibility index (Phi) is 14.3. The maximum atomic E-state index is 14.8. The van der Waals surface area contributed by atoms with Crippen molar-refractivity contribution < 1.29 is 26.5 Å². The van der Waals surface area contributed by atoms with Crippen molar-refractivity contribution in [3.8, 4) is 0 Å². The van der Waals surface area contributed by atoms with Crippen LogP contribution in [-0.2, 0) is 16.2 Å². The Hall–Kier alpha value is -4.94. The molecule has 0 bridgehead atoms. The molecule has 1 saturated heterocycles. The van der Waals surface area contributed by atoms with Gasteiger partial charge in [0.25, 0.3) is 15.7 Å². The van der Waals surface area contributed by atoms with Gasteiger partial charge in [-0.1, -0.05) is 47.5 Å². The lowest BCUT2D eigenvalue weighted by molar-refractivity contribution is -0.384. The SMILES string of the molecule is CN(C)CC[C@H](CSc1ccccc1)Nc1c([N+](=O)[O-])cc(S(=O)(=O)Nc2ncnc3cc(N4CCN(CC5=C(c6ccc(Cl)cc6)CCCC5)CC4)ccc23)cc1C(F)(F)F. The second-order valence-electron chi connectivity index (χ2n) is 15.8. The molecule has 0 spiro atoms. The van der Waals surface area contributed by atoms with E-state index in [9.17, 15) is 31.7 Å². The average Bonchev–Trinajstić information content (AvgIpc) is 3.25. The fourth-order valence-corrected chi connectivity index (χ4v) is 10.1. The molecule has 328 valence electrons. The van der Waals surface area contributed by atoms with Gasteiger partial charge in [-0.05, 0) is 112 Å². The molecule has 12 nitrogen and oxygen atoms in total. The number of halogens is 4. The monoisotopic (exact) mass is 908 g/mol. The minimum absolute atomic E-state index is 0.177. The van der Waals surface area contributed by atoms with Crippen LogP contribution in [0.5, 0.6) is 0 Å². The molecule has 1 aromatic heterocycles. The van der Waals surface area contributed by atoms with Gasteiger partial charge in [0.05, 0.1) is 20.9 Å². The highest BCUT2D eigenvalue weighted by Crippen LogP contribution is 2.43. The summed E-state index contributed by atoms with van der Waals surface area (Å²) in [4.78, 5) is 26.4. The van der Waals surface area contributed by atoms with E-state index in [4.69, 9.17) is 11.6 Å². The Labute approximate surface area is 368 Å². The summed E-state index contributed by atoms with van der Waals surface area (Å²) in [6.45, 7) is 4.58. The van der Waals surface area contributed by atoms with Crippen LogP contribution in [0, 0.1) is 10.1 Å². The molecule has 1 atom stereocenters. The summed E-state index contributed by atoms with van der Waals surface area (Å²) in [6.07, 6.45) is 0.847. The van der Waals surface area contributed by atoms with E-state index in [1.165, 1.54) is 41.3 Å². The van der Waals surface area contributed by atoms with Crippen LogP contribution in [0.4, 0.5) is 36.1 Å². The normalized spacial score (nSPS) is 15.9. The van der Waals surface area contributed by atoms with E-state index in [0.717, 1.165) is 67.5 Å². The van der Waals surface area contributed by atoms with E-state index in [2.05, 4.69) is 41.9 Å². The van der Waals surface area contributed by atoms with Gasteiger partial charge in [0.1, 0.15) is 12.0 Å². The van der Waals surface area contributed by atoms with Crippen molar-refractivity contribution in [3.05, 3.63) is 123 Å². The van der Waals surface area contributed by atoms with E-state index in [-0.39, 0.29) is 11.6 Å². The summed E-state index contributed by atoms with van der Waals surface area (Å²) in [5.41, 5.74) is 2.12. The zero-order valence-electron chi connectivity index (χ0n) is 34.4. The number of anilines is 3. The highest BCUT2D eigenvalue weighted by Gasteiger charge is 2.40. The third-order valence-corrected chi connectivity index (χ3v) is 13.9. The summed E-state index contributed by atoms with van der Waals surface area (Å²) in [6, 6.07) is 23.1. The number of thioether (sulfide) groups is 1. The number of piperazine rings is 1. The first-order valence-electron chi connectivity index (χ1n) is 20.3. The van der Waals surface area contributed by atoms with Crippen LogP contribution in [0.1, 0.15) is 43.2 Å². The molecule has 4 aromatic carbocycles. The summed E-state index contributed by atoms with van der Waals surface area (Å²) in [5, 5.41) is 16.2. The molecule has 18 heteroatoms. The molecule has 0 unspecified atom stereocenters. The smallest absolute Gasteiger partial charge is 0.375 e.